The number of fused-ring (bicyclic) bond motifs is 1. The molecule has 0 saturated carbocycles. The molecule has 3 amide bonds. The maximum absolute atomic E-state index is 13.7. The van der Waals surface area contributed by atoms with E-state index < -0.39 is 11.5 Å². The van der Waals surface area contributed by atoms with Crippen LogP contribution >= 0.6 is 0 Å². The van der Waals surface area contributed by atoms with Gasteiger partial charge in [0, 0.05) is 51.4 Å². The number of likely N-dealkylation sites (N-methyl/N-ethyl adjacent to an activating group) is 1. The minimum absolute atomic E-state index is 0.0380. The zero-order chi connectivity index (χ0) is 28.7. The number of amides is 3. The summed E-state index contributed by atoms with van der Waals surface area (Å²) in [5.74, 6) is -0.0297. The maximum Gasteiger partial charge on any atom is 0.245 e. The fourth-order valence-electron chi connectivity index (χ4n) is 5.80. The molecule has 40 heavy (non-hydrogen) atoms. The number of rotatable bonds is 12. The molecule has 2 aliphatic rings. The van der Waals surface area contributed by atoms with Gasteiger partial charge in [0.05, 0.1) is 12.0 Å². The number of carbonyl (C=O) groups excluding carboxylic acids is 3. The molecular formula is C32H44N4O4. The molecule has 216 valence electrons. The Labute approximate surface area is 238 Å². The van der Waals surface area contributed by atoms with E-state index in [9.17, 15) is 14.4 Å². The third kappa shape index (κ3) is 6.91. The predicted molar refractivity (Wildman–Crippen MR) is 157 cm³/mol. The molecule has 0 bridgehead atoms. The van der Waals surface area contributed by atoms with Crippen LogP contribution in [0.4, 0.5) is 5.69 Å². The van der Waals surface area contributed by atoms with Crippen LogP contribution in [-0.4, -0.2) is 86.5 Å². The average Bonchev–Trinajstić information content (AvgIpc) is 3.18. The van der Waals surface area contributed by atoms with Gasteiger partial charge in [-0.25, -0.2) is 0 Å². The predicted octanol–water partition coefficient (Wildman–Crippen LogP) is 3.39. The van der Waals surface area contributed by atoms with Gasteiger partial charge in [-0.1, -0.05) is 48.5 Å². The van der Waals surface area contributed by atoms with Crippen LogP contribution in [0, 0.1) is 0 Å². The number of benzene rings is 2. The number of likely N-dealkylation sites (tertiary alicyclic amines) is 1. The van der Waals surface area contributed by atoms with Crippen molar-refractivity contribution in [1.29, 1.82) is 0 Å². The third-order valence-corrected chi connectivity index (χ3v) is 8.33. The number of hydrogen-bond acceptors (Lipinski definition) is 5. The minimum Gasteiger partial charge on any atom is -0.383 e. The number of anilines is 1. The van der Waals surface area contributed by atoms with Crippen molar-refractivity contribution >= 4 is 23.4 Å². The molecule has 2 aliphatic heterocycles. The summed E-state index contributed by atoms with van der Waals surface area (Å²) in [5.41, 5.74) is 2.65. The monoisotopic (exact) mass is 548 g/mol. The lowest BCUT2D eigenvalue weighted by atomic mass is 9.86. The Balaban J connectivity index is 1.38. The number of para-hydroxylation sites is 1. The Hall–Kier alpha value is -3.23. The van der Waals surface area contributed by atoms with Gasteiger partial charge in [0.25, 0.3) is 0 Å². The second-order valence-corrected chi connectivity index (χ2v) is 11.6. The molecule has 1 saturated heterocycles. The number of hydrogen-bond donors (Lipinski definition) is 1. The highest BCUT2D eigenvalue weighted by Crippen LogP contribution is 2.43. The van der Waals surface area contributed by atoms with Crippen LogP contribution in [0.3, 0.4) is 0 Å². The summed E-state index contributed by atoms with van der Waals surface area (Å²) in [6.07, 6.45) is 3.00. The number of piperidine rings is 1. The number of ether oxygens (including phenoxy) is 1. The second-order valence-electron chi connectivity index (χ2n) is 11.6. The summed E-state index contributed by atoms with van der Waals surface area (Å²) in [7, 11) is 3.62. The van der Waals surface area contributed by atoms with Gasteiger partial charge >= 0.3 is 0 Å². The molecular weight excluding hydrogens is 504 g/mol. The van der Waals surface area contributed by atoms with Crippen molar-refractivity contribution in [3.63, 3.8) is 0 Å². The largest absolute Gasteiger partial charge is 0.383 e. The number of nitrogens with one attached hydrogen (secondary N) is 1. The Morgan fingerprint density at radius 1 is 1.05 bits per heavy atom. The average molecular weight is 549 g/mol. The Kier molecular flexibility index (Phi) is 9.98. The van der Waals surface area contributed by atoms with E-state index in [-0.39, 0.29) is 23.8 Å². The van der Waals surface area contributed by atoms with Gasteiger partial charge in [0.15, 0.2) is 0 Å². The summed E-state index contributed by atoms with van der Waals surface area (Å²) in [4.78, 5) is 45.9. The first kappa shape index (κ1) is 29.7. The molecule has 1 unspecified atom stereocenters. The Morgan fingerprint density at radius 3 is 2.42 bits per heavy atom. The number of nitrogens with zero attached hydrogens (tertiary/aromatic N) is 3. The van der Waals surface area contributed by atoms with Gasteiger partial charge in [-0.3, -0.25) is 14.4 Å². The SMILES string of the molecule is COCCN(C)CCC(=O)NC(CCc1ccccc1)C(=O)N1CCC(N2C(=O)C(C)(C)c3ccccc32)CC1. The number of methoxy groups -OCH3 is 1. The van der Waals surface area contributed by atoms with Crippen molar-refractivity contribution < 1.29 is 19.1 Å². The van der Waals surface area contributed by atoms with Crippen LogP contribution in [0.15, 0.2) is 54.6 Å². The van der Waals surface area contributed by atoms with Gasteiger partial charge in [0.2, 0.25) is 17.7 Å². The molecule has 2 heterocycles. The van der Waals surface area contributed by atoms with Crippen LogP contribution < -0.4 is 10.2 Å². The van der Waals surface area contributed by atoms with Crippen LogP contribution in [0.5, 0.6) is 0 Å². The van der Waals surface area contributed by atoms with Gasteiger partial charge in [-0.2, -0.15) is 0 Å². The fraction of sp³-hybridized carbons (Fsp3) is 0.531. The molecule has 2 aromatic carbocycles. The molecule has 8 heteroatoms. The Morgan fingerprint density at radius 2 is 1.73 bits per heavy atom. The van der Waals surface area contributed by atoms with E-state index in [1.807, 2.05) is 90.2 Å². The normalized spacial score (nSPS) is 17.7. The van der Waals surface area contributed by atoms with Crippen LogP contribution in [0.25, 0.3) is 0 Å². The van der Waals surface area contributed by atoms with Crippen molar-refractivity contribution in [3.05, 3.63) is 65.7 Å². The zero-order valence-corrected chi connectivity index (χ0v) is 24.4. The summed E-state index contributed by atoms with van der Waals surface area (Å²) in [6.45, 7) is 7.06. The topological polar surface area (TPSA) is 82.2 Å². The van der Waals surface area contributed by atoms with Gasteiger partial charge in [-0.05, 0) is 63.8 Å². The van der Waals surface area contributed by atoms with E-state index in [0.717, 1.165) is 23.4 Å². The highest BCUT2D eigenvalue weighted by atomic mass is 16.5. The van der Waals surface area contributed by atoms with E-state index in [2.05, 4.69) is 5.32 Å². The van der Waals surface area contributed by atoms with E-state index >= 15 is 0 Å². The number of carbonyl (C=O) groups is 3. The molecule has 0 aliphatic carbocycles. The maximum atomic E-state index is 13.7. The van der Waals surface area contributed by atoms with Crippen molar-refractivity contribution in [2.24, 2.45) is 0 Å². The van der Waals surface area contributed by atoms with Crippen LogP contribution in [-0.2, 0) is 31.0 Å². The van der Waals surface area contributed by atoms with Gasteiger partial charge in [-0.15, -0.1) is 0 Å². The van der Waals surface area contributed by atoms with Crippen molar-refractivity contribution in [2.75, 3.05) is 51.8 Å². The van der Waals surface area contributed by atoms with E-state index in [4.69, 9.17) is 4.74 Å². The molecule has 8 nitrogen and oxygen atoms in total. The minimum atomic E-state index is -0.582. The lowest BCUT2D eigenvalue weighted by Crippen LogP contribution is -2.54. The van der Waals surface area contributed by atoms with Gasteiger partial charge < -0.3 is 24.8 Å². The molecule has 0 radical (unpaired) electrons. The standard InChI is InChI=1S/C32H44N4O4/c1-32(2)26-12-8-9-13-28(26)36(31(32)39)25-16-20-35(21-17-25)30(38)27(15-14-24-10-6-5-7-11-24)33-29(37)18-19-34(3)22-23-40-4/h5-13,25,27H,14-23H2,1-4H3,(H,33,37). The summed E-state index contributed by atoms with van der Waals surface area (Å²) in [5, 5.41) is 3.04. The fourth-order valence-corrected chi connectivity index (χ4v) is 5.80. The van der Waals surface area contributed by atoms with E-state index in [0.29, 0.717) is 58.3 Å². The molecule has 0 spiro atoms. The Bertz CT molecular complexity index is 1160. The van der Waals surface area contributed by atoms with Crippen LogP contribution in [0.1, 0.15) is 50.7 Å². The molecule has 4 rings (SSSR count). The summed E-state index contributed by atoms with van der Waals surface area (Å²) < 4.78 is 5.12. The first-order chi connectivity index (χ1) is 19.2. The van der Waals surface area contributed by atoms with E-state index in [1.54, 1.807) is 7.11 Å². The molecule has 1 N–H and O–H groups in total. The highest BCUT2D eigenvalue weighted by molar-refractivity contribution is 6.08. The molecule has 1 fully saturated rings. The van der Waals surface area contributed by atoms with Crippen molar-refractivity contribution in [3.8, 4) is 0 Å². The first-order valence-electron chi connectivity index (χ1n) is 14.4. The van der Waals surface area contributed by atoms with E-state index in [1.165, 1.54) is 0 Å². The van der Waals surface area contributed by atoms with Crippen molar-refractivity contribution in [1.82, 2.24) is 15.1 Å². The van der Waals surface area contributed by atoms with Crippen molar-refractivity contribution in [2.45, 2.75) is 63.5 Å². The number of aryl methyl sites for hydroxylation is 1. The highest BCUT2D eigenvalue weighted by Gasteiger charge is 2.46. The third-order valence-electron chi connectivity index (χ3n) is 8.33. The second kappa shape index (κ2) is 13.4. The van der Waals surface area contributed by atoms with Gasteiger partial charge in [0.1, 0.15) is 6.04 Å². The quantitative estimate of drug-likeness (QED) is 0.440. The molecule has 0 aromatic heterocycles. The molecule has 2 aromatic rings. The smallest absolute Gasteiger partial charge is 0.245 e. The van der Waals surface area contributed by atoms with Crippen LogP contribution in [0.2, 0.25) is 0 Å². The summed E-state index contributed by atoms with van der Waals surface area (Å²) in [6, 6.07) is 17.6. The molecule has 1 atom stereocenters. The lowest BCUT2D eigenvalue weighted by Gasteiger charge is -2.38. The summed E-state index contributed by atoms with van der Waals surface area (Å²) >= 11 is 0. The first-order valence-corrected chi connectivity index (χ1v) is 14.4. The lowest BCUT2D eigenvalue weighted by molar-refractivity contribution is -0.137. The zero-order valence-electron chi connectivity index (χ0n) is 24.4.